The average Bonchev–Trinajstić information content (AvgIpc) is 3.38. The first-order valence-electron chi connectivity index (χ1n) is 10.2. The van der Waals surface area contributed by atoms with E-state index in [1.54, 1.807) is 33.5 Å². The van der Waals surface area contributed by atoms with Crippen LogP contribution in [0.4, 0.5) is 4.39 Å². The summed E-state index contributed by atoms with van der Waals surface area (Å²) in [7, 11) is 1.32. The van der Waals surface area contributed by atoms with Crippen molar-refractivity contribution in [2.24, 2.45) is 0 Å². The number of carbonyl (C=O) groups excluding carboxylic acids is 1. The largest absolute Gasteiger partial charge is 0.469 e. The summed E-state index contributed by atoms with van der Waals surface area (Å²) in [5.74, 6) is -0.767. The lowest BCUT2D eigenvalue weighted by Crippen LogP contribution is -2.06. The Balaban J connectivity index is 1.83. The first-order valence-corrected chi connectivity index (χ1v) is 10.6. The minimum atomic E-state index is -0.443. The Morgan fingerprint density at radius 3 is 2.42 bits per heavy atom. The van der Waals surface area contributed by atoms with E-state index in [1.165, 1.54) is 19.2 Å². The molecule has 0 amide bonds. The predicted octanol–water partition coefficient (Wildman–Crippen LogP) is 4.20. The van der Waals surface area contributed by atoms with E-state index < -0.39 is 5.97 Å². The van der Waals surface area contributed by atoms with Gasteiger partial charge in [0.1, 0.15) is 11.5 Å². The van der Waals surface area contributed by atoms with Crippen LogP contribution < -0.4 is 0 Å². The summed E-state index contributed by atoms with van der Waals surface area (Å²) in [5.41, 5.74) is 4.94. The lowest BCUT2D eigenvalue weighted by atomic mass is 10.0. The zero-order valence-corrected chi connectivity index (χ0v) is 18.5. The van der Waals surface area contributed by atoms with E-state index in [2.05, 4.69) is 15.3 Å². The first-order chi connectivity index (χ1) is 16.0. The average molecular weight is 465 g/mol. The maximum Gasteiger partial charge on any atom is 0.311 e. The van der Waals surface area contributed by atoms with Gasteiger partial charge in [-0.05, 0) is 48.4 Å². The van der Waals surface area contributed by atoms with Gasteiger partial charge in [0.2, 0.25) is 0 Å². The molecule has 3 aromatic heterocycles. The van der Waals surface area contributed by atoms with Crippen molar-refractivity contribution in [2.45, 2.75) is 19.8 Å². The van der Waals surface area contributed by atoms with Gasteiger partial charge in [0.25, 0.3) is 0 Å². The Kier molecular flexibility index (Phi) is 5.26. The van der Waals surface area contributed by atoms with Gasteiger partial charge in [-0.3, -0.25) is 4.79 Å². The Labute approximate surface area is 192 Å². The van der Waals surface area contributed by atoms with Gasteiger partial charge >= 0.3 is 5.97 Å². The Bertz CT molecular complexity index is 1490. The van der Waals surface area contributed by atoms with Gasteiger partial charge in [-0.1, -0.05) is 30.7 Å². The third-order valence-electron chi connectivity index (χ3n) is 5.36. The molecule has 0 aliphatic heterocycles. The van der Waals surface area contributed by atoms with Crippen molar-refractivity contribution in [3.63, 3.8) is 0 Å². The molecule has 8 nitrogen and oxygen atoms in total. The van der Waals surface area contributed by atoms with Gasteiger partial charge in [0.05, 0.1) is 30.5 Å². The monoisotopic (exact) mass is 464 g/mol. The van der Waals surface area contributed by atoms with Gasteiger partial charge < -0.3 is 4.74 Å². The number of benzene rings is 2. The van der Waals surface area contributed by atoms with Crippen molar-refractivity contribution in [2.75, 3.05) is 7.11 Å². The number of ether oxygens (including phenoxy) is 1. The second-order valence-electron chi connectivity index (χ2n) is 7.38. The van der Waals surface area contributed by atoms with Crippen LogP contribution in [0.2, 0.25) is 5.02 Å². The highest BCUT2D eigenvalue weighted by atomic mass is 35.5. The molecule has 0 saturated carbocycles. The number of carbonyl (C=O) groups is 1. The van der Waals surface area contributed by atoms with Crippen LogP contribution in [-0.4, -0.2) is 42.7 Å². The van der Waals surface area contributed by atoms with Crippen molar-refractivity contribution in [3.8, 4) is 16.8 Å². The predicted molar refractivity (Wildman–Crippen MR) is 121 cm³/mol. The molecule has 0 aliphatic carbocycles. The van der Waals surface area contributed by atoms with Crippen molar-refractivity contribution >= 4 is 34.4 Å². The highest BCUT2D eigenvalue weighted by Gasteiger charge is 2.24. The van der Waals surface area contributed by atoms with E-state index in [9.17, 15) is 9.18 Å². The molecule has 0 bridgehead atoms. The summed E-state index contributed by atoms with van der Waals surface area (Å²) >= 11 is 6.07. The van der Waals surface area contributed by atoms with Crippen LogP contribution in [0, 0.1) is 5.82 Å². The second kappa shape index (κ2) is 8.25. The molecule has 166 valence electrons. The molecule has 0 unspecified atom stereocenters. The molecule has 0 N–H and O–H groups in total. The van der Waals surface area contributed by atoms with Crippen LogP contribution in [0.15, 0.2) is 48.5 Å². The van der Waals surface area contributed by atoms with Crippen molar-refractivity contribution in [1.29, 1.82) is 0 Å². The normalized spacial score (nSPS) is 11.4. The minimum absolute atomic E-state index is 0.0689. The zero-order valence-electron chi connectivity index (χ0n) is 17.8. The minimum Gasteiger partial charge on any atom is -0.469 e. The number of hydrogen-bond donors (Lipinski definition) is 0. The fourth-order valence-corrected chi connectivity index (χ4v) is 3.90. The summed E-state index contributed by atoms with van der Waals surface area (Å²) in [6.07, 6.45) is 0.558. The summed E-state index contributed by atoms with van der Waals surface area (Å²) in [5, 5.41) is 18.8. The molecule has 0 atom stereocenters. The van der Waals surface area contributed by atoms with Crippen LogP contribution in [0.5, 0.6) is 0 Å². The quantitative estimate of drug-likeness (QED) is 0.362. The number of halogens is 2. The van der Waals surface area contributed by atoms with Gasteiger partial charge in [0, 0.05) is 5.02 Å². The number of rotatable bonds is 5. The molecule has 3 heterocycles. The summed E-state index contributed by atoms with van der Waals surface area (Å²) in [6, 6.07) is 13.3. The molecule has 33 heavy (non-hydrogen) atoms. The molecule has 5 aromatic rings. The number of fused-ring (bicyclic) bond motifs is 3. The third-order valence-corrected chi connectivity index (χ3v) is 5.62. The van der Waals surface area contributed by atoms with Crippen molar-refractivity contribution in [1.82, 2.24) is 29.6 Å². The van der Waals surface area contributed by atoms with Crippen LogP contribution in [0.25, 0.3) is 33.6 Å². The van der Waals surface area contributed by atoms with Crippen LogP contribution >= 0.6 is 11.6 Å². The SMILES string of the molecule is CCc1nn2c(nnc3c(CC(=O)OC)nn(-c4ccc(Cl)cc4)c32)c1-c1ccc(F)cc1. The van der Waals surface area contributed by atoms with Gasteiger partial charge in [-0.25, -0.2) is 9.07 Å². The molecular weight excluding hydrogens is 447 g/mol. The third kappa shape index (κ3) is 3.60. The lowest BCUT2D eigenvalue weighted by molar-refractivity contribution is -0.139. The molecule has 0 radical (unpaired) electrons. The van der Waals surface area contributed by atoms with E-state index in [4.69, 9.17) is 21.4 Å². The smallest absolute Gasteiger partial charge is 0.311 e. The van der Waals surface area contributed by atoms with Crippen molar-refractivity contribution < 1.29 is 13.9 Å². The number of methoxy groups -OCH3 is 1. The lowest BCUT2D eigenvalue weighted by Gasteiger charge is -2.05. The Morgan fingerprint density at radius 1 is 1.03 bits per heavy atom. The van der Waals surface area contributed by atoms with E-state index in [1.807, 2.05) is 19.1 Å². The fraction of sp³-hybridized carbons (Fsp3) is 0.174. The molecule has 0 spiro atoms. The molecule has 10 heteroatoms. The van der Waals surface area contributed by atoms with Gasteiger partial charge in [-0.15, -0.1) is 10.2 Å². The van der Waals surface area contributed by atoms with Crippen LogP contribution in [-0.2, 0) is 22.4 Å². The number of hydrogen-bond acceptors (Lipinski definition) is 6. The molecule has 0 saturated heterocycles. The molecule has 5 rings (SSSR count). The Morgan fingerprint density at radius 2 is 1.76 bits per heavy atom. The maximum atomic E-state index is 13.5. The molecule has 2 aromatic carbocycles. The van der Waals surface area contributed by atoms with E-state index in [0.717, 1.165) is 16.8 Å². The summed E-state index contributed by atoms with van der Waals surface area (Å²) in [4.78, 5) is 12.0. The summed E-state index contributed by atoms with van der Waals surface area (Å²) < 4.78 is 21.7. The highest BCUT2D eigenvalue weighted by Crippen LogP contribution is 2.31. The maximum absolute atomic E-state index is 13.5. The van der Waals surface area contributed by atoms with E-state index >= 15 is 0 Å². The van der Waals surface area contributed by atoms with E-state index in [0.29, 0.717) is 39.6 Å². The van der Waals surface area contributed by atoms with Gasteiger partial charge in [0.15, 0.2) is 16.8 Å². The Hall–Kier alpha value is -3.85. The molecular formula is C23H18ClFN6O2. The molecule has 0 aliphatic rings. The summed E-state index contributed by atoms with van der Waals surface area (Å²) in [6.45, 7) is 1.98. The van der Waals surface area contributed by atoms with Crippen LogP contribution in [0.3, 0.4) is 0 Å². The van der Waals surface area contributed by atoms with Crippen molar-refractivity contribution in [3.05, 3.63) is 70.8 Å². The number of esters is 1. The number of nitrogens with zero attached hydrogens (tertiary/aromatic N) is 6. The highest BCUT2D eigenvalue weighted by molar-refractivity contribution is 6.30. The van der Waals surface area contributed by atoms with Crippen LogP contribution in [0.1, 0.15) is 18.3 Å². The topological polar surface area (TPSA) is 87.2 Å². The number of aromatic nitrogens is 6. The second-order valence-corrected chi connectivity index (χ2v) is 7.81. The molecule has 0 fully saturated rings. The number of aryl methyl sites for hydroxylation is 1. The standard InChI is InChI=1S/C23H18ClFN6O2/c1-3-17-20(13-4-8-15(25)9-5-13)22-27-26-21-18(12-19(32)33-2)29-30(23(21)31(22)28-17)16-10-6-14(24)7-11-16/h4-11H,3,12H2,1-2H3. The van der Waals surface area contributed by atoms with E-state index in [-0.39, 0.29) is 12.2 Å². The first kappa shape index (κ1) is 21.0. The fourth-order valence-electron chi connectivity index (χ4n) is 3.78. The zero-order chi connectivity index (χ0) is 23.1. The van der Waals surface area contributed by atoms with Gasteiger partial charge in [-0.2, -0.15) is 14.7 Å².